The maximum atomic E-state index is 12.4. The minimum absolute atomic E-state index is 0.0121. The van der Waals surface area contributed by atoms with Crippen molar-refractivity contribution in [3.05, 3.63) is 24.3 Å². The topological polar surface area (TPSA) is 95.9 Å². The first-order valence-corrected chi connectivity index (χ1v) is 30.6. The lowest BCUT2D eigenvalue weighted by Crippen LogP contribution is -2.45. The molecule has 6 heteroatoms. The van der Waals surface area contributed by atoms with Gasteiger partial charge in [-0.15, -0.1) is 0 Å². The number of carbonyl (C=O) groups is 2. The molecule has 68 heavy (non-hydrogen) atoms. The van der Waals surface area contributed by atoms with Gasteiger partial charge in [-0.1, -0.05) is 289 Å². The molecule has 0 bridgehead atoms. The van der Waals surface area contributed by atoms with Crippen LogP contribution in [-0.2, 0) is 14.3 Å². The van der Waals surface area contributed by atoms with Gasteiger partial charge in [0.25, 0.3) is 0 Å². The molecule has 0 heterocycles. The summed E-state index contributed by atoms with van der Waals surface area (Å²) in [6.07, 6.45) is 70.5. The van der Waals surface area contributed by atoms with Gasteiger partial charge in [-0.3, -0.25) is 9.59 Å². The lowest BCUT2D eigenvalue weighted by molar-refractivity contribution is -0.143. The van der Waals surface area contributed by atoms with Gasteiger partial charge in [0, 0.05) is 12.8 Å². The Hall–Kier alpha value is -1.66. The zero-order valence-corrected chi connectivity index (χ0v) is 45.9. The van der Waals surface area contributed by atoms with E-state index in [1.54, 1.807) is 0 Å². The number of unbranched alkanes of at least 4 members (excludes halogenated alkanes) is 42. The number of carbonyl (C=O) groups excluding carboxylic acids is 2. The van der Waals surface area contributed by atoms with E-state index in [1.807, 2.05) is 0 Å². The molecule has 0 aliphatic rings. The molecule has 0 saturated carbocycles. The molecule has 0 fully saturated rings. The van der Waals surface area contributed by atoms with Crippen LogP contribution in [0.2, 0.25) is 0 Å². The van der Waals surface area contributed by atoms with E-state index in [2.05, 4.69) is 43.5 Å². The van der Waals surface area contributed by atoms with E-state index in [9.17, 15) is 19.8 Å². The van der Waals surface area contributed by atoms with Crippen LogP contribution in [0.5, 0.6) is 0 Å². The minimum atomic E-state index is -0.666. The van der Waals surface area contributed by atoms with Crippen molar-refractivity contribution in [3.8, 4) is 0 Å². The molecule has 2 unspecified atom stereocenters. The lowest BCUT2D eigenvalue weighted by atomic mass is 10.0. The molecule has 2 atom stereocenters. The highest BCUT2D eigenvalue weighted by Gasteiger charge is 2.20. The largest absolute Gasteiger partial charge is 0.466 e. The Morgan fingerprint density at radius 2 is 0.735 bits per heavy atom. The number of hydrogen-bond acceptors (Lipinski definition) is 5. The first-order chi connectivity index (χ1) is 33.5. The Morgan fingerprint density at radius 1 is 0.412 bits per heavy atom. The minimum Gasteiger partial charge on any atom is -0.466 e. The second-order valence-corrected chi connectivity index (χ2v) is 21.0. The van der Waals surface area contributed by atoms with Gasteiger partial charge in [0.1, 0.15) is 0 Å². The van der Waals surface area contributed by atoms with E-state index >= 15 is 0 Å². The van der Waals surface area contributed by atoms with E-state index in [4.69, 9.17) is 4.74 Å². The molecule has 0 aromatic heterocycles. The first-order valence-electron chi connectivity index (χ1n) is 30.6. The lowest BCUT2D eigenvalue weighted by Gasteiger charge is -2.22. The molecule has 0 spiro atoms. The Labute approximate surface area is 424 Å². The van der Waals surface area contributed by atoms with Gasteiger partial charge < -0.3 is 20.3 Å². The summed E-state index contributed by atoms with van der Waals surface area (Å²) in [4.78, 5) is 24.5. The molecular formula is C62H119NO5. The van der Waals surface area contributed by atoms with Crippen LogP contribution >= 0.6 is 0 Å². The van der Waals surface area contributed by atoms with Crippen molar-refractivity contribution in [3.63, 3.8) is 0 Å². The van der Waals surface area contributed by atoms with E-state index < -0.39 is 12.1 Å². The third-order valence-electron chi connectivity index (χ3n) is 14.3. The predicted octanol–water partition coefficient (Wildman–Crippen LogP) is 19.0. The van der Waals surface area contributed by atoms with Gasteiger partial charge >= 0.3 is 5.97 Å². The van der Waals surface area contributed by atoms with E-state index in [1.165, 1.54) is 257 Å². The molecule has 6 nitrogen and oxygen atoms in total. The highest BCUT2D eigenvalue weighted by molar-refractivity contribution is 5.76. The van der Waals surface area contributed by atoms with Crippen molar-refractivity contribution in [2.75, 3.05) is 13.2 Å². The molecule has 0 aliphatic carbocycles. The molecule has 3 N–H and O–H groups in total. The molecular weight excluding hydrogens is 839 g/mol. The summed E-state index contributed by atoms with van der Waals surface area (Å²) in [6, 6.07) is -0.544. The zero-order valence-electron chi connectivity index (χ0n) is 45.9. The smallest absolute Gasteiger partial charge is 0.305 e. The molecule has 402 valence electrons. The second kappa shape index (κ2) is 57.9. The number of rotatable bonds is 57. The fourth-order valence-corrected chi connectivity index (χ4v) is 9.55. The molecule has 0 aliphatic heterocycles. The van der Waals surface area contributed by atoms with Crippen LogP contribution in [0.4, 0.5) is 0 Å². The summed E-state index contributed by atoms with van der Waals surface area (Å²) < 4.78 is 5.48. The molecule has 1 amide bonds. The SMILES string of the molecule is CCCCCCCCCCCCCCCCCC(=O)OCCCCCCCCCCC/C=C\C/C=C\CCCCCCCCCCCC(=O)NC(CO)C(O)CCCCCCCCCCCCC. The van der Waals surface area contributed by atoms with Gasteiger partial charge in [0.15, 0.2) is 0 Å². The summed E-state index contributed by atoms with van der Waals surface area (Å²) in [7, 11) is 0. The number of nitrogens with one attached hydrogen (secondary N) is 1. The number of ether oxygens (including phenoxy) is 1. The zero-order chi connectivity index (χ0) is 49.3. The Balaban J connectivity index is 3.40. The first kappa shape index (κ1) is 66.3. The second-order valence-electron chi connectivity index (χ2n) is 21.0. The number of esters is 1. The van der Waals surface area contributed by atoms with E-state index in [-0.39, 0.29) is 18.5 Å². The van der Waals surface area contributed by atoms with Gasteiger partial charge in [-0.25, -0.2) is 0 Å². The summed E-state index contributed by atoms with van der Waals surface area (Å²) >= 11 is 0. The van der Waals surface area contributed by atoms with Gasteiger partial charge in [0.2, 0.25) is 5.91 Å². The third-order valence-corrected chi connectivity index (χ3v) is 14.3. The van der Waals surface area contributed by atoms with Crippen molar-refractivity contribution in [2.45, 2.75) is 347 Å². The summed E-state index contributed by atoms with van der Waals surface area (Å²) in [5.41, 5.74) is 0. The van der Waals surface area contributed by atoms with Crippen molar-refractivity contribution in [1.82, 2.24) is 5.32 Å². The van der Waals surface area contributed by atoms with Crippen LogP contribution in [-0.4, -0.2) is 47.4 Å². The van der Waals surface area contributed by atoms with Gasteiger partial charge in [0.05, 0.1) is 25.4 Å². The molecule has 0 aromatic carbocycles. The summed E-state index contributed by atoms with van der Waals surface area (Å²) in [5.74, 6) is -0.0292. The fourth-order valence-electron chi connectivity index (χ4n) is 9.55. The average molecular weight is 959 g/mol. The normalized spacial score (nSPS) is 12.7. The van der Waals surface area contributed by atoms with Crippen LogP contribution in [0, 0.1) is 0 Å². The van der Waals surface area contributed by atoms with Crippen molar-refractivity contribution in [1.29, 1.82) is 0 Å². The van der Waals surface area contributed by atoms with Crippen LogP contribution in [0.3, 0.4) is 0 Å². The van der Waals surface area contributed by atoms with Crippen LogP contribution < -0.4 is 5.32 Å². The molecule has 0 rings (SSSR count). The standard InChI is InChI=1S/C62H119NO5/c1-3-5-7-9-11-13-15-16-28-32-36-40-44-48-52-56-62(67)68-57-53-49-45-41-37-33-30-27-25-23-21-19-17-18-20-22-24-26-29-31-35-39-43-47-51-55-61(66)63-59(58-64)60(65)54-50-46-42-38-34-14-12-10-8-6-4-2/h18-21,59-60,64-65H,3-17,22-58H2,1-2H3,(H,63,66)/b20-18-,21-19-. The molecule has 0 radical (unpaired) electrons. The predicted molar refractivity (Wildman–Crippen MR) is 296 cm³/mol. The van der Waals surface area contributed by atoms with Gasteiger partial charge in [-0.2, -0.15) is 0 Å². The number of hydrogen-bond donors (Lipinski definition) is 3. The Kier molecular flexibility index (Phi) is 56.5. The van der Waals surface area contributed by atoms with Crippen LogP contribution in [0.25, 0.3) is 0 Å². The average Bonchev–Trinajstić information content (AvgIpc) is 3.34. The Morgan fingerprint density at radius 3 is 1.12 bits per heavy atom. The van der Waals surface area contributed by atoms with E-state index in [0.29, 0.717) is 25.9 Å². The maximum absolute atomic E-state index is 12.4. The van der Waals surface area contributed by atoms with Crippen molar-refractivity contribution < 1.29 is 24.5 Å². The molecule has 0 aromatic rings. The monoisotopic (exact) mass is 958 g/mol. The molecule has 0 saturated heterocycles. The summed E-state index contributed by atoms with van der Waals surface area (Å²) in [6.45, 7) is 4.95. The summed E-state index contributed by atoms with van der Waals surface area (Å²) in [5, 5.41) is 23.2. The van der Waals surface area contributed by atoms with E-state index in [0.717, 1.165) is 44.9 Å². The van der Waals surface area contributed by atoms with Crippen molar-refractivity contribution >= 4 is 11.9 Å². The van der Waals surface area contributed by atoms with Crippen LogP contribution in [0.15, 0.2) is 24.3 Å². The quantitative estimate of drug-likeness (QED) is 0.0321. The number of aliphatic hydroxyl groups excluding tert-OH is 2. The number of amides is 1. The Bertz CT molecular complexity index is 1060. The number of aliphatic hydroxyl groups is 2. The fraction of sp³-hybridized carbons (Fsp3) is 0.903. The highest BCUT2D eigenvalue weighted by atomic mass is 16.5. The maximum Gasteiger partial charge on any atom is 0.305 e. The highest BCUT2D eigenvalue weighted by Crippen LogP contribution is 2.17. The number of allylic oxidation sites excluding steroid dienone is 4. The third kappa shape index (κ3) is 53.7. The van der Waals surface area contributed by atoms with Crippen LogP contribution in [0.1, 0.15) is 335 Å². The van der Waals surface area contributed by atoms with Crippen molar-refractivity contribution in [2.24, 2.45) is 0 Å². The van der Waals surface area contributed by atoms with Gasteiger partial charge in [-0.05, 0) is 57.8 Å².